The first-order chi connectivity index (χ1) is 13.4. The van der Waals surface area contributed by atoms with Crippen molar-refractivity contribution in [3.05, 3.63) is 12.2 Å². The van der Waals surface area contributed by atoms with Crippen molar-refractivity contribution in [2.75, 3.05) is 0 Å². The van der Waals surface area contributed by atoms with Crippen LogP contribution < -0.4 is 5.32 Å². The summed E-state index contributed by atoms with van der Waals surface area (Å²) in [6.07, 6.45) is 11.3. The molecule has 0 aromatic rings. The van der Waals surface area contributed by atoms with E-state index in [0.717, 1.165) is 32.1 Å². The Morgan fingerprint density at radius 1 is 1.29 bits per heavy atom. The summed E-state index contributed by atoms with van der Waals surface area (Å²) >= 11 is 0. The van der Waals surface area contributed by atoms with Gasteiger partial charge < -0.3 is 14.8 Å². The number of unbranched alkanes of at least 4 members (excludes halogenated alkanes) is 3. The van der Waals surface area contributed by atoms with Gasteiger partial charge in [0, 0.05) is 6.42 Å². The third-order valence-electron chi connectivity index (χ3n) is 5.22. The monoisotopic (exact) mass is 395 g/mol. The van der Waals surface area contributed by atoms with E-state index in [1.54, 1.807) is 0 Å². The Kier molecular flexibility index (Phi) is 11.5. The largest absolute Gasteiger partial charge is 0.461 e. The highest BCUT2D eigenvalue weighted by Gasteiger charge is 2.43. The molecule has 1 fully saturated rings. The summed E-state index contributed by atoms with van der Waals surface area (Å²) < 4.78 is 11.1. The van der Waals surface area contributed by atoms with Crippen LogP contribution in [0.4, 0.5) is 0 Å². The van der Waals surface area contributed by atoms with Crippen LogP contribution in [-0.4, -0.2) is 36.6 Å². The summed E-state index contributed by atoms with van der Waals surface area (Å²) in [4.78, 5) is 35.2. The molecule has 6 nitrogen and oxygen atoms in total. The molecular weight excluding hydrogens is 358 g/mol. The highest BCUT2D eigenvalue weighted by molar-refractivity contribution is 5.79. The van der Waals surface area contributed by atoms with Crippen molar-refractivity contribution >= 4 is 18.3 Å². The van der Waals surface area contributed by atoms with E-state index in [4.69, 9.17) is 9.47 Å². The minimum absolute atomic E-state index is 0.0678. The predicted molar refractivity (Wildman–Crippen MR) is 108 cm³/mol. The van der Waals surface area contributed by atoms with Gasteiger partial charge in [-0.3, -0.25) is 9.59 Å². The number of cyclic esters (lactones) is 1. The highest BCUT2D eigenvalue weighted by Crippen LogP contribution is 2.32. The Labute approximate surface area is 169 Å². The Morgan fingerprint density at radius 3 is 2.61 bits per heavy atom. The molecule has 160 valence electrons. The molecule has 0 spiro atoms. The summed E-state index contributed by atoms with van der Waals surface area (Å²) in [5.41, 5.74) is 0. The lowest BCUT2D eigenvalue weighted by Crippen LogP contribution is -2.48. The average molecular weight is 396 g/mol. The van der Waals surface area contributed by atoms with Gasteiger partial charge in [0.2, 0.25) is 6.41 Å². The number of amides is 1. The third kappa shape index (κ3) is 8.03. The van der Waals surface area contributed by atoms with Crippen LogP contribution in [0.2, 0.25) is 0 Å². The second kappa shape index (κ2) is 13.3. The van der Waals surface area contributed by atoms with Crippen molar-refractivity contribution in [1.82, 2.24) is 5.32 Å². The molecule has 0 aliphatic carbocycles. The first-order valence-corrected chi connectivity index (χ1v) is 10.7. The van der Waals surface area contributed by atoms with Gasteiger partial charge in [-0.2, -0.15) is 0 Å². The molecule has 0 aromatic carbocycles. The molecular formula is C22H37NO5. The molecule has 1 amide bonds. The van der Waals surface area contributed by atoms with Gasteiger partial charge in [0.1, 0.15) is 18.2 Å². The predicted octanol–water partition coefficient (Wildman–Crippen LogP) is 3.93. The fourth-order valence-corrected chi connectivity index (χ4v) is 3.48. The first kappa shape index (κ1) is 24.2. The van der Waals surface area contributed by atoms with Gasteiger partial charge >= 0.3 is 11.9 Å². The van der Waals surface area contributed by atoms with Gasteiger partial charge in [0.25, 0.3) is 0 Å². The number of esters is 2. The number of allylic oxidation sites excluding steroid dienone is 2. The normalized spacial score (nSPS) is 21.1. The molecule has 6 heteroatoms. The van der Waals surface area contributed by atoms with Gasteiger partial charge in [-0.1, -0.05) is 58.6 Å². The molecule has 1 saturated heterocycles. The molecule has 4 atom stereocenters. The van der Waals surface area contributed by atoms with Crippen molar-refractivity contribution in [2.24, 2.45) is 11.8 Å². The zero-order valence-corrected chi connectivity index (χ0v) is 17.8. The molecule has 1 N–H and O–H groups in total. The van der Waals surface area contributed by atoms with E-state index < -0.39 is 12.0 Å². The van der Waals surface area contributed by atoms with E-state index in [2.05, 4.69) is 12.2 Å². The molecule has 1 aliphatic heterocycles. The van der Waals surface area contributed by atoms with E-state index in [0.29, 0.717) is 19.3 Å². The van der Waals surface area contributed by atoms with Gasteiger partial charge in [-0.15, -0.1) is 0 Å². The summed E-state index contributed by atoms with van der Waals surface area (Å²) in [6, 6.07) is -0.671. The van der Waals surface area contributed by atoms with Crippen molar-refractivity contribution in [1.29, 1.82) is 0 Å². The molecule has 0 radical (unpaired) electrons. The SMILES string of the molecule is C/C=C/CC[C@H](C[C@@H]1OC(=O)[C@H]1CCCCCC)OC(=O)[C@@H](NC=O)C(C)C. The van der Waals surface area contributed by atoms with Crippen molar-refractivity contribution in [2.45, 2.75) is 97.3 Å². The lowest BCUT2D eigenvalue weighted by molar-refractivity contribution is -0.190. The lowest BCUT2D eigenvalue weighted by Gasteiger charge is -2.37. The number of ether oxygens (including phenoxy) is 2. The summed E-state index contributed by atoms with van der Waals surface area (Å²) in [5, 5.41) is 2.54. The standard InChI is InChI=1S/C22H37NO5/c1-5-7-9-11-13-18-19(28-21(18)25)14-17(12-10-8-6-2)27-22(26)20(16(3)4)23-15-24/h6,8,15-20H,5,7,9-14H2,1-4H3,(H,23,24)/b8-6+/t17-,18+,19+,20+/m1/s1. The van der Waals surface area contributed by atoms with Crippen LogP contribution >= 0.6 is 0 Å². The smallest absolute Gasteiger partial charge is 0.329 e. The van der Waals surface area contributed by atoms with Gasteiger partial charge in [0.15, 0.2) is 0 Å². The topological polar surface area (TPSA) is 81.7 Å². The molecule has 0 saturated carbocycles. The van der Waals surface area contributed by atoms with Crippen LogP contribution in [0.5, 0.6) is 0 Å². The van der Waals surface area contributed by atoms with E-state index in [-0.39, 0.29) is 30.0 Å². The Hall–Kier alpha value is -1.85. The lowest BCUT2D eigenvalue weighted by atomic mass is 9.86. The zero-order chi connectivity index (χ0) is 20.9. The summed E-state index contributed by atoms with van der Waals surface area (Å²) in [6.45, 7) is 7.83. The number of hydrogen-bond acceptors (Lipinski definition) is 5. The van der Waals surface area contributed by atoms with Gasteiger partial charge in [0.05, 0.1) is 5.92 Å². The number of hydrogen-bond donors (Lipinski definition) is 1. The molecule has 0 bridgehead atoms. The Balaban J connectivity index is 2.66. The Bertz CT molecular complexity index is 517. The summed E-state index contributed by atoms with van der Waals surface area (Å²) in [5.74, 6) is -0.726. The number of carbonyl (C=O) groups is 3. The Morgan fingerprint density at radius 2 is 2.04 bits per heavy atom. The zero-order valence-electron chi connectivity index (χ0n) is 17.8. The highest BCUT2D eigenvalue weighted by atomic mass is 16.6. The average Bonchev–Trinajstić information content (AvgIpc) is 2.65. The van der Waals surface area contributed by atoms with Crippen LogP contribution in [-0.2, 0) is 23.9 Å². The fourth-order valence-electron chi connectivity index (χ4n) is 3.48. The van der Waals surface area contributed by atoms with Crippen molar-refractivity contribution < 1.29 is 23.9 Å². The van der Waals surface area contributed by atoms with E-state index >= 15 is 0 Å². The van der Waals surface area contributed by atoms with Crippen LogP contribution in [0.3, 0.4) is 0 Å². The van der Waals surface area contributed by atoms with E-state index in [9.17, 15) is 14.4 Å². The number of nitrogens with one attached hydrogen (secondary N) is 1. The first-order valence-electron chi connectivity index (χ1n) is 10.7. The molecule has 1 rings (SSSR count). The number of carbonyl (C=O) groups excluding carboxylic acids is 3. The van der Waals surface area contributed by atoms with E-state index in [1.165, 1.54) is 6.42 Å². The van der Waals surface area contributed by atoms with Crippen molar-refractivity contribution in [3.8, 4) is 0 Å². The quantitative estimate of drug-likeness (QED) is 0.197. The third-order valence-corrected chi connectivity index (χ3v) is 5.22. The second-order valence-corrected chi connectivity index (χ2v) is 7.88. The molecule has 0 unspecified atom stereocenters. The maximum atomic E-state index is 12.5. The molecule has 1 aliphatic rings. The number of rotatable bonds is 15. The van der Waals surface area contributed by atoms with Crippen LogP contribution in [0.25, 0.3) is 0 Å². The fraction of sp³-hybridized carbons (Fsp3) is 0.773. The minimum atomic E-state index is -0.671. The minimum Gasteiger partial charge on any atom is -0.461 e. The van der Waals surface area contributed by atoms with Gasteiger partial charge in [-0.25, -0.2) is 4.79 Å². The summed E-state index contributed by atoms with van der Waals surface area (Å²) in [7, 11) is 0. The van der Waals surface area contributed by atoms with Crippen LogP contribution in [0, 0.1) is 11.8 Å². The molecule has 28 heavy (non-hydrogen) atoms. The second-order valence-electron chi connectivity index (χ2n) is 7.88. The maximum Gasteiger partial charge on any atom is 0.329 e. The van der Waals surface area contributed by atoms with Crippen molar-refractivity contribution in [3.63, 3.8) is 0 Å². The molecule has 1 heterocycles. The van der Waals surface area contributed by atoms with Crippen LogP contribution in [0.15, 0.2) is 12.2 Å². The van der Waals surface area contributed by atoms with E-state index in [1.807, 2.05) is 32.9 Å². The molecule has 0 aromatic heterocycles. The maximum absolute atomic E-state index is 12.5. The van der Waals surface area contributed by atoms with Gasteiger partial charge in [-0.05, 0) is 32.1 Å². The van der Waals surface area contributed by atoms with Crippen LogP contribution in [0.1, 0.15) is 79.1 Å².